The summed E-state index contributed by atoms with van der Waals surface area (Å²) in [6.45, 7) is 0. The van der Waals surface area contributed by atoms with Gasteiger partial charge in [-0.05, 0) is 6.07 Å². The van der Waals surface area contributed by atoms with E-state index in [1.807, 2.05) is 0 Å². The van der Waals surface area contributed by atoms with Crippen molar-refractivity contribution in [2.45, 2.75) is 0 Å². The number of hydrogen-bond donors (Lipinski definition) is 4. The summed E-state index contributed by atoms with van der Waals surface area (Å²) < 4.78 is 27.1. The second-order valence-corrected chi connectivity index (χ2v) is 3.39. The molecule has 1 aromatic carbocycles. The van der Waals surface area contributed by atoms with Gasteiger partial charge in [0.15, 0.2) is 23.1 Å². The summed E-state index contributed by atoms with van der Waals surface area (Å²) in [5.41, 5.74) is -1.57. The van der Waals surface area contributed by atoms with Crippen LogP contribution in [0.25, 0.3) is 11.3 Å². The molecule has 18 heavy (non-hydrogen) atoms. The average molecular weight is 256 g/mol. The number of halogens is 2. The molecular weight excluding hydrogens is 250 g/mol. The SMILES string of the molecule is O=C(O)c1cc(-c2c(F)c(O)cc(O)c2F)n[nH]1. The van der Waals surface area contributed by atoms with E-state index in [4.69, 9.17) is 15.3 Å². The third-order valence-corrected chi connectivity index (χ3v) is 2.23. The highest BCUT2D eigenvalue weighted by atomic mass is 19.1. The van der Waals surface area contributed by atoms with Gasteiger partial charge in [-0.25, -0.2) is 13.6 Å². The minimum Gasteiger partial charge on any atom is -0.505 e. The molecule has 0 bridgehead atoms. The number of nitrogens with one attached hydrogen (secondary N) is 1. The molecule has 4 N–H and O–H groups in total. The van der Waals surface area contributed by atoms with Crippen molar-refractivity contribution in [1.82, 2.24) is 10.2 Å². The molecule has 0 unspecified atom stereocenters. The fourth-order valence-corrected chi connectivity index (χ4v) is 1.39. The number of phenols is 2. The molecule has 0 aliphatic heterocycles. The molecule has 1 heterocycles. The molecule has 0 aliphatic rings. The van der Waals surface area contributed by atoms with Gasteiger partial charge in [0.1, 0.15) is 5.69 Å². The van der Waals surface area contributed by atoms with E-state index in [9.17, 15) is 13.6 Å². The van der Waals surface area contributed by atoms with E-state index in [1.165, 1.54) is 0 Å². The van der Waals surface area contributed by atoms with Gasteiger partial charge in [0.25, 0.3) is 0 Å². The number of carboxylic acids is 1. The lowest BCUT2D eigenvalue weighted by atomic mass is 10.1. The fourth-order valence-electron chi connectivity index (χ4n) is 1.39. The Morgan fingerprint density at radius 2 is 1.72 bits per heavy atom. The number of phenolic OH excluding ortho intramolecular Hbond substituents is 2. The first-order chi connectivity index (χ1) is 8.41. The van der Waals surface area contributed by atoms with E-state index < -0.39 is 34.7 Å². The number of aromatic hydroxyl groups is 2. The summed E-state index contributed by atoms with van der Waals surface area (Å²) in [6.07, 6.45) is 0. The van der Waals surface area contributed by atoms with Gasteiger partial charge in [0.05, 0.1) is 11.3 Å². The number of aromatic amines is 1. The van der Waals surface area contributed by atoms with Crippen molar-refractivity contribution in [3.8, 4) is 22.8 Å². The van der Waals surface area contributed by atoms with Crippen molar-refractivity contribution in [3.05, 3.63) is 29.5 Å². The Morgan fingerprint density at radius 3 is 2.17 bits per heavy atom. The number of H-pyrrole nitrogens is 1. The first-order valence-electron chi connectivity index (χ1n) is 4.60. The van der Waals surface area contributed by atoms with Gasteiger partial charge in [-0.3, -0.25) is 5.10 Å². The van der Waals surface area contributed by atoms with Gasteiger partial charge < -0.3 is 15.3 Å². The normalized spacial score (nSPS) is 10.6. The quantitative estimate of drug-likeness (QED) is 0.650. The molecule has 0 atom stereocenters. The standard InChI is InChI=1S/C10H6F2N2O4/c11-8-5(15)2-6(16)9(12)7(8)3-1-4(10(17)18)14-13-3/h1-2,15-16H,(H,13,14)(H,17,18). The Morgan fingerprint density at radius 1 is 1.17 bits per heavy atom. The Bertz CT molecular complexity index is 613. The zero-order valence-corrected chi connectivity index (χ0v) is 8.61. The van der Waals surface area contributed by atoms with Crippen LogP contribution in [0.15, 0.2) is 12.1 Å². The molecule has 6 nitrogen and oxygen atoms in total. The molecule has 1 aromatic heterocycles. The number of hydrogen-bond acceptors (Lipinski definition) is 4. The van der Waals surface area contributed by atoms with Gasteiger partial charge >= 0.3 is 5.97 Å². The van der Waals surface area contributed by atoms with E-state index in [-0.39, 0.29) is 11.4 Å². The summed E-state index contributed by atoms with van der Waals surface area (Å²) in [4.78, 5) is 10.6. The number of nitrogens with zero attached hydrogens (tertiary/aromatic N) is 1. The maximum atomic E-state index is 13.5. The Labute approximate surface area is 98.1 Å². The van der Waals surface area contributed by atoms with Crippen LogP contribution in [0.5, 0.6) is 11.5 Å². The predicted molar refractivity (Wildman–Crippen MR) is 54.2 cm³/mol. The Balaban J connectivity index is 2.66. The lowest BCUT2D eigenvalue weighted by Crippen LogP contribution is -1.95. The summed E-state index contributed by atoms with van der Waals surface area (Å²) in [5, 5.41) is 32.3. The molecule has 2 rings (SSSR count). The zero-order chi connectivity index (χ0) is 13.4. The predicted octanol–water partition coefficient (Wildman–Crippen LogP) is 1.46. The van der Waals surface area contributed by atoms with Crippen molar-refractivity contribution in [2.24, 2.45) is 0 Å². The Kier molecular flexibility index (Phi) is 2.62. The first kappa shape index (κ1) is 11.8. The molecule has 0 radical (unpaired) electrons. The summed E-state index contributed by atoms with van der Waals surface area (Å²) in [7, 11) is 0. The van der Waals surface area contributed by atoms with Crippen LogP contribution in [0.1, 0.15) is 10.5 Å². The fraction of sp³-hybridized carbons (Fsp3) is 0. The van der Waals surface area contributed by atoms with Crippen LogP contribution in [0.3, 0.4) is 0 Å². The zero-order valence-electron chi connectivity index (χ0n) is 8.61. The molecule has 0 spiro atoms. The van der Waals surface area contributed by atoms with E-state index in [1.54, 1.807) is 0 Å². The molecular formula is C10H6F2N2O4. The highest BCUT2D eigenvalue weighted by molar-refractivity contribution is 5.87. The average Bonchev–Trinajstić information content (AvgIpc) is 2.76. The molecule has 0 aliphatic carbocycles. The van der Waals surface area contributed by atoms with Gasteiger partial charge in [-0.1, -0.05) is 0 Å². The van der Waals surface area contributed by atoms with E-state index in [0.29, 0.717) is 6.07 Å². The van der Waals surface area contributed by atoms with E-state index in [2.05, 4.69) is 10.2 Å². The molecule has 0 saturated heterocycles. The first-order valence-corrected chi connectivity index (χ1v) is 4.60. The lowest BCUT2D eigenvalue weighted by molar-refractivity contribution is 0.0690. The molecule has 8 heteroatoms. The number of carboxylic acid groups (broad SMARTS) is 1. The van der Waals surface area contributed by atoms with Crippen molar-refractivity contribution in [3.63, 3.8) is 0 Å². The van der Waals surface area contributed by atoms with Gasteiger partial charge in [-0.15, -0.1) is 0 Å². The third kappa shape index (κ3) is 1.73. The number of aromatic carboxylic acids is 1. The minimum absolute atomic E-state index is 0.381. The maximum absolute atomic E-state index is 13.5. The number of aromatic nitrogens is 2. The van der Waals surface area contributed by atoms with Crippen LogP contribution in [-0.2, 0) is 0 Å². The van der Waals surface area contributed by atoms with Gasteiger partial charge in [0.2, 0.25) is 0 Å². The largest absolute Gasteiger partial charge is 0.505 e. The molecule has 2 aromatic rings. The van der Waals surface area contributed by atoms with Crippen molar-refractivity contribution >= 4 is 5.97 Å². The molecule has 94 valence electrons. The summed E-state index contributed by atoms with van der Waals surface area (Å²) >= 11 is 0. The molecule has 0 saturated carbocycles. The van der Waals surface area contributed by atoms with Crippen LogP contribution in [-0.4, -0.2) is 31.5 Å². The smallest absolute Gasteiger partial charge is 0.353 e. The monoisotopic (exact) mass is 256 g/mol. The second kappa shape index (κ2) is 3.99. The van der Waals surface area contributed by atoms with E-state index in [0.717, 1.165) is 6.07 Å². The maximum Gasteiger partial charge on any atom is 0.353 e. The Hall–Kier alpha value is -2.64. The van der Waals surface area contributed by atoms with Gasteiger partial charge in [-0.2, -0.15) is 5.10 Å². The molecule has 0 amide bonds. The lowest BCUT2D eigenvalue weighted by Gasteiger charge is -2.05. The van der Waals surface area contributed by atoms with Crippen LogP contribution in [0, 0.1) is 11.6 Å². The summed E-state index contributed by atoms with van der Waals surface area (Å²) in [6, 6.07) is 1.38. The topological polar surface area (TPSA) is 106 Å². The number of benzene rings is 1. The summed E-state index contributed by atoms with van der Waals surface area (Å²) in [5.74, 6) is -5.98. The van der Waals surface area contributed by atoms with Crippen molar-refractivity contribution in [2.75, 3.05) is 0 Å². The number of carbonyl (C=O) groups is 1. The number of rotatable bonds is 2. The molecule has 0 fully saturated rings. The van der Waals surface area contributed by atoms with Crippen LogP contribution in [0.4, 0.5) is 8.78 Å². The second-order valence-electron chi connectivity index (χ2n) is 3.39. The highest BCUT2D eigenvalue weighted by Gasteiger charge is 2.22. The van der Waals surface area contributed by atoms with Crippen LogP contribution >= 0.6 is 0 Å². The third-order valence-electron chi connectivity index (χ3n) is 2.23. The van der Waals surface area contributed by atoms with Crippen molar-refractivity contribution < 1.29 is 28.9 Å². The van der Waals surface area contributed by atoms with Crippen LogP contribution in [0.2, 0.25) is 0 Å². The van der Waals surface area contributed by atoms with E-state index >= 15 is 0 Å². The highest BCUT2D eigenvalue weighted by Crippen LogP contribution is 2.35. The van der Waals surface area contributed by atoms with Gasteiger partial charge in [0, 0.05) is 6.07 Å². The minimum atomic E-state index is -1.36. The van der Waals surface area contributed by atoms with Crippen LogP contribution < -0.4 is 0 Å². The van der Waals surface area contributed by atoms with Crippen molar-refractivity contribution in [1.29, 1.82) is 0 Å².